The van der Waals surface area contributed by atoms with E-state index >= 15 is 0 Å². The number of pyridine rings is 1. The first kappa shape index (κ1) is 16.4. The summed E-state index contributed by atoms with van der Waals surface area (Å²) in [5, 5.41) is 4.58. The van der Waals surface area contributed by atoms with Crippen LogP contribution in [0.25, 0.3) is 10.9 Å². The minimum atomic E-state index is -0.574. The van der Waals surface area contributed by atoms with E-state index < -0.39 is 5.97 Å². The van der Waals surface area contributed by atoms with E-state index in [9.17, 15) is 4.79 Å². The average molecular weight is 335 g/mol. The molecule has 0 unspecified atom stereocenters. The van der Waals surface area contributed by atoms with Gasteiger partial charge in [0.25, 0.3) is 0 Å². The number of hydrogen-bond acceptors (Lipinski definition) is 5. The number of nitrogens with two attached hydrogens (primary N) is 1. The number of para-hydroxylation sites is 1. The Kier molecular flexibility index (Phi) is 4.89. The van der Waals surface area contributed by atoms with Gasteiger partial charge in [0.05, 0.1) is 5.56 Å². The van der Waals surface area contributed by atoms with Crippen molar-refractivity contribution in [1.29, 1.82) is 0 Å². The predicted octanol–water partition coefficient (Wildman–Crippen LogP) is 3.05. The first-order valence-corrected chi connectivity index (χ1v) is 7.70. The molecule has 3 aromatic rings. The van der Waals surface area contributed by atoms with Crippen molar-refractivity contribution in [1.82, 2.24) is 4.98 Å². The van der Waals surface area contributed by atoms with Gasteiger partial charge < -0.3 is 15.3 Å². The van der Waals surface area contributed by atoms with Crippen LogP contribution in [0.1, 0.15) is 15.9 Å². The van der Waals surface area contributed by atoms with Crippen LogP contribution in [0.3, 0.4) is 0 Å². The number of oxime groups is 1. The maximum atomic E-state index is 11.9. The van der Waals surface area contributed by atoms with Gasteiger partial charge in [-0.15, -0.1) is 0 Å². The van der Waals surface area contributed by atoms with Gasteiger partial charge in [0.2, 0.25) is 0 Å². The van der Waals surface area contributed by atoms with Gasteiger partial charge in [-0.05, 0) is 31.2 Å². The summed E-state index contributed by atoms with van der Waals surface area (Å²) in [5.41, 5.74) is 7.93. The van der Waals surface area contributed by atoms with Crippen LogP contribution in [0.5, 0.6) is 5.75 Å². The van der Waals surface area contributed by atoms with Gasteiger partial charge >= 0.3 is 5.97 Å². The second kappa shape index (κ2) is 7.44. The van der Waals surface area contributed by atoms with Crippen molar-refractivity contribution >= 4 is 22.7 Å². The molecule has 0 aliphatic heterocycles. The predicted molar refractivity (Wildman–Crippen MR) is 95.5 cm³/mol. The lowest BCUT2D eigenvalue weighted by molar-refractivity contribution is 0.0513. The first-order valence-electron chi connectivity index (χ1n) is 7.70. The lowest BCUT2D eigenvalue weighted by Crippen LogP contribution is -2.22. The highest BCUT2D eigenvalue weighted by Crippen LogP contribution is 2.22. The Morgan fingerprint density at radius 3 is 2.68 bits per heavy atom. The van der Waals surface area contributed by atoms with Gasteiger partial charge in [-0.25, -0.2) is 4.79 Å². The maximum absolute atomic E-state index is 11.9. The summed E-state index contributed by atoms with van der Waals surface area (Å²) in [5.74, 6) is 0.0595. The zero-order valence-electron chi connectivity index (χ0n) is 13.7. The van der Waals surface area contributed by atoms with Crippen molar-refractivity contribution in [3.05, 3.63) is 71.9 Å². The standard InChI is InChI=1S/C19H17N3O3/c1-13-7-9-15(10-8-13)19(23)25-22-17(20)12-24-16-6-2-4-14-5-3-11-21-18(14)16/h2-11H,12H2,1H3,(H2,20,22). The summed E-state index contributed by atoms with van der Waals surface area (Å²) >= 11 is 0. The van der Waals surface area contributed by atoms with Gasteiger partial charge in [-0.1, -0.05) is 41.1 Å². The Morgan fingerprint density at radius 2 is 1.88 bits per heavy atom. The van der Waals surface area contributed by atoms with Crippen LogP contribution < -0.4 is 10.5 Å². The van der Waals surface area contributed by atoms with Gasteiger partial charge in [-0.2, -0.15) is 0 Å². The van der Waals surface area contributed by atoms with E-state index in [0.29, 0.717) is 11.3 Å². The third-order valence-electron chi connectivity index (χ3n) is 3.50. The van der Waals surface area contributed by atoms with E-state index in [-0.39, 0.29) is 12.4 Å². The quantitative estimate of drug-likeness (QED) is 0.335. The summed E-state index contributed by atoms with van der Waals surface area (Å²) < 4.78 is 5.63. The number of nitrogens with zero attached hydrogens (tertiary/aromatic N) is 2. The van der Waals surface area contributed by atoms with E-state index in [2.05, 4.69) is 10.1 Å². The van der Waals surface area contributed by atoms with Crippen molar-refractivity contribution in [2.24, 2.45) is 10.9 Å². The van der Waals surface area contributed by atoms with Gasteiger partial charge in [0, 0.05) is 11.6 Å². The molecule has 0 spiro atoms. The number of carbonyl (C=O) groups excluding carboxylic acids is 1. The van der Waals surface area contributed by atoms with Crippen LogP contribution >= 0.6 is 0 Å². The van der Waals surface area contributed by atoms with Crippen LogP contribution in [-0.4, -0.2) is 23.4 Å². The fourth-order valence-corrected chi connectivity index (χ4v) is 2.21. The summed E-state index contributed by atoms with van der Waals surface area (Å²) in [4.78, 5) is 21.0. The highest BCUT2D eigenvalue weighted by atomic mass is 16.7. The third-order valence-corrected chi connectivity index (χ3v) is 3.50. The molecule has 6 heteroatoms. The Bertz CT molecular complexity index is 915. The summed E-state index contributed by atoms with van der Waals surface area (Å²) in [7, 11) is 0. The second-order valence-electron chi connectivity index (χ2n) is 5.45. The number of ether oxygens (including phenoxy) is 1. The maximum Gasteiger partial charge on any atom is 0.365 e. The number of hydrogen-bond donors (Lipinski definition) is 1. The van der Waals surface area contributed by atoms with Crippen molar-refractivity contribution in [2.75, 3.05) is 6.61 Å². The fourth-order valence-electron chi connectivity index (χ4n) is 2.21. The summed E-state index contributed by atoms with van der Waals surface area (Å²) in [6.07, 6.45) is 1.69. The van der Waals surface area contributed by atoms with Crippen molar-refractivity contribution in [3.63, 3.8) is 0 Å². The molecule has 3 rings (SSSR count). The third kappa shape index (κ3) is 4.11. The second-order valence-corrected chi connectivity index (χ2v) is 5.45. The van der Waals surface area contributed by atoms with Gasteiger partial charge in [-0.3, -0.25) is 4.98 Å². The molecule has 0 fully saturated rings. The molecule has 2 N–H and O–H groups in total. The Labute approximate surface area is 144 Å². The number of aromatic nitrogens is 1. The molecule has 0 atom stereocenters. The van der Waals surface area contributed by atoms with Crippen LogP contribution in [0, 0.1) is 6.92 Å². The molecule has 126 valence electrons. The highest BCUT2D eigenvalue weighted by molar-refractivity contribution is 5.90. The number of benzene rings is 2. The molecule has 2 aromatic carbocycles. The van der Waals surface area contributed by atoms with Gasteiger partial charge in [0.1, 0.15) is 17.9 Å². The number of aryl methyl sites for hydroxylation is 1. The molecular weight excluding hydrogens is 318 g/mol. The number of amidine groups is 1. The van der Waals surface area contributed by atoms with E-state index in [1.54, 1.807) is 24.4 Å². The number of fused-ring (bicyclic) bond motifs is 1. The van der Waals surface area contributed by atoms with E-state index in [0.717, 1.165) is 16.5 Å². The number of rotatable bonds is 5. The van der Waals surface area contributed by atoms with E-state index in [1.165, 1.54) is 0 Å². The van der Waals surface area contributed by atoms with Crippen molar-refractivity contribution in [3.8, 4) is 5.75 Å². The minimum Gasteiger partial charge on any atom is -0.483 e. The van der Waals surface area contributed by atoms with E-state index in [4.69, 9.17) is 15.3 Å². The lowest BCUT2D eigenvalue weighted by Gasteiger charge is -2.08. The molecule has 0 saturated carbocycles. The van der Waals surface area contributed by atoms with Crippen LogP contribution in [0.15, 0.2) is 65.9 Å². The Morgan fingerprint density at radius 1 is 1.12 bits per heavy atom. The van der Waals surface area contributed by atoms with Gasteiger partial charge in [0.15, 0.2) is 5.84 Å². The molecule has 0 radical (unpaired) electrons. The Balaban J connectivity index is 1.61. The summed E-state index contributed by atoms with van der Waals surface area (Å²) in [6, 6.07) is 16.4. The molecule has 0 amide bonds. The van der Waals surface area contributed by atoms with Crippen LogP contribution in [0.4, 0.5) is 0 Å². The molecule has 0 bridgehead atoms. The fraction of sp³-hybridized carbons (Fsp3) is 0.105. The SMILES string of the molecule is Cc1ccc(C(=O)ON=C(N)COc2cccc3cccnc23)cc1. The topological polar surface area (TPSA) is 86.8 Å². The van der Waals surface area contributed by atoms with E-state index in [1.807, 2.05) is 43.3 Å². The van der Waals surface area contributed by atoms with Crippen molar-refractivity contribution in [2.45, 2.75) is 6.92 Å². The normalized spacial score (nSPS) is 11.3. The molecular formula is C19H17N3O3. The Hall–Kier alpha value is -3.41. The molecule has 0 saturated heterocycles. The van der Waals surface area contributed by atoms with Crippen molar-refractivity contribution < 1.29 is 14.4 Å². The zero-order chi connectivity index (χ0) is 17.6. The van der Waals surface area contributed by atoms with Crippen LogP contribution in [0.2, 0.25) is 0 Å². The monoisotopic (exact) mass is 335 g/mol. The molecule has 1 heterocycles. The molecule has 25 heavy (non-hydrogen) atoms. The summed E-state index contributed by atoms with van der Waals surface area (Å²) in [6.45, 7) is 1.92. The molecule has 0 aliphatic rings. The molecule has 1 aromatic heterocycles. The highest BCUT2D eigenvalue weighted by Gasteiger charge is 2.08. The number of carbonyl (C=O) groups is 1. The zero-order valence-corrected chi connectivity index (χ0v) is 13.7. The minimum absolute atomic E-state index is 0.0170. The molecule has 6 nitrogen and oxygen atoms in total. The molecule has 0 aliphatic carbocycles. The smallest absolute Gasteiger partial charge is 0.365 e. The largest absolute Gasteiger partial charge is 0.483 e. The van der Waals surface area contributed by atoms with Crippen LogP contribution in [-0.2, 0) is 4.84 Å². The average Bonchev–Trinajstić information content (AvgIpc) is 2.65. The first-order chi connectivity index (χ1) is 12.1. The lowest BCUT2D eigenvalue weighted by atomic mass is 10.2.